The van der Waals surface area contributed by atoms with Gasteiger partial charge in [0.15, 0.2) is 0 Å². The third kappa shape index (κ3) is 2.69. The van der Waals surface area contributed by atoms with Crippen molar-refractivity contribution < 1.29 is 9.52 Å². The summed E-state index contributed by atoms with van der Waals surface area (Å²) in [6, 6.07) is 3.54. The van der Waals surface area contributed by atoms with E-state index in [-0.39, 0.29) is 0 Å². The van der Waals surface area contributed by atoms with E-state index < -0.39 is 6.10 Å². The molecule has 0 radical (unpaired) electrons. The summed E-state index contributed by atoms with van der Waals surface area (Å²) in [6.45, 7) is 3.19. The summed E-state index contributed by atoms with van der Waals surface area (Å²) in [6.07, 6.45) is 0.967. The monoisotopic (exact) mass is 238 g/mol. The zero-order valence-corrected chi connectivity index (χ0v) is 9.83. The molecule has 0 saturated heterocycles. The predicted octanol–water partition coefficient (Wildman–Crippen LogP) is 1.87. The Balaban J connectivity index is 1.78. The third-order valence-corrected chi connectivity index (χ3v) is 3.27. The molecule has 1 unspecified atom stereocenters. The molecule has 0 aliphatic rings. The minimum atomic E-state index is -0.594. The standard InChI is InChI=1S/C11H14N2O2S/c1-8-11(16-7-13-8)6-12-5-9(14)10-3-2-4-15-10/h2-4,7,9,12,14H,5-6H2,1H3. The van der Waals surface area contributed by atoms with Crippen molar-refractivity contribution in [3.63, 3.8) is 0 Å². The molecule has 86 valence electrons. The smallest absolute Gasteiger partial charge is 0.133 e. The average molecular weight is 238 g/mol. The summed E-state index contributed by atoms with van der Waals surface area (Å²) in [4.78, 5) is 5.36. The lowest BCUT2D eigenvalue weighted by atomic mass is 10.2. The molecule has 1 atom stereocenters. The lowest BCUT2D eigenvalue weighted by molar-refractivity contribution is 0.147. The Morgan fingerprint density at radius 1 is 1.62 bits per heavy atom. The fourth-order valence-corrected chi connectivity index (χ4v) is 2.15. The van der Waals surface area contributed by atoms with Crippen LogP contribution in [0.25, 0.3) is 0 Å². The van der Waals surface area contributed by atoms with E-state index in [2.05, 4.69) is 10.3 Å². The van der Waals surface area contributed by atoms with Gasteiger partial charge in [0.05, 0.1) is 17.5 Å². The van der Waals surface area contributed by atoms with Gasteiger partial charge in [-0.2, -0.15) is 0 Å². The maximum atomic E-state index is 9.74. The second kappa shape index (κ2) is 5.25. The van der Waals surface area contributed by atoms with E-state index in [0.717, 1.165) is 12.2 Å². The highest BCUT2D eigenvalue weighted by molar-refractivity contribution is 7.09. The molecule has 2 N–H and O–H groups in total. The average Bonchev–Trinajstić information content (AvgIpc) is 2.90. The van der Waals surface area contributed by atoms with E-state index in [1.807, 2.05) is 12.4 Å². The predicted molar refractivity (Wildman–Crippen MR) is 62.2 cm³/mol. The second-order valence-corrected chi connectivity index (χ2v) is 4.46. The second-order valence-electron chi connectivity index (χ2n) is 3.52. The van der Waals surface area contributed by atoms with E-state index in [4.69, 9.17) is 4.42 Å². The summed E-state index contributed by atoms with van der Waals surface area (Å²) in [5, 5.41) is 12.9. The fraction of sp³-hybridized carbons (Fsp3) is 0.364. The number of hydrogen-bond donors (Lipinski definition) is 2. The van der Waals surface area contributed by atoms with Crippen LogP contribution in [0.4, 0.5) is 0 Å². The Bertz CT molecular complexity index is 425. The van der Waals surface area contributed by atoms with Crippen molar-refractivity contribution in [2.24, 2.45) is 0 Å². The van der Waals surface area contributed by atoms with E-state index in [1.54, 1.807) is 29.7 Å². The first-order chi connectivity index (χ1) is 7.77. The van der Waals surface area contributed by atoms with E-state index in [1.165, 1.54) is 4.88 Å². The van der Waals surface area contributed by atoms with Crippen LogP contribution in [0.5, 0.6) is 0 Å². The van der Waals surface area contributed by atoms with Gasteiger partial charge in [-0.1, -0.05) is 0 Å². The number of nitrogens with one attached hydrogen (secondary N) is 1. The molecule has 2 aromatic rings. The van der Waals surface area contributed by atoms with Crippen molar-refractivity contribution in [3.05, 3.63) is 40.2 Å². The summed E-state index contributed by atoms with van der Waals surface area (Å²) in [5.41, 5.74) is 2.87. The lowest BCUT2D eigenvalue weighted by Crippen LogP contribution is -2.20. The Labute approximate surface area is 97.9 Å². The third-order valence-electron chi connectivity index (χ3n) is 2.34. The molecule has 0 aliphatic carbocycles. The van der Waals surface area contributed by atoms with Gasteiger partial charge in [-0.25, -0.2) is 4.98 Å². The highest BCUT2D eigenvalue weighted by Crippen LogP contribution is 2.14. The molecular weight excluding hydrogens is 224 g/mol. The molecule has 4 nitrogen and oxygen atoms in total. The number of rotatable bonds is 5. The Morgan fingerprint density at radius 3 is 3.12 bits per heavy atom. The van der Waals surface area contributed by atoms with Crippen molar-refractivity contribution in [2.75, 3.05) is 6.54 Å². The molecule has 2 heterocycles. The molecule has 2 aromatic heterocycles. The van der Waals surface area contributed by atoms with E-state index in [9.17, 15) is 5.11 Å². The molecule has 16 heavy (non-hydrogen) atoms. The topological polar surface area (TPSA) is 58.3 Å². The zero-order valence-electron chi connectivity index (χ0n) is 9.01. The van der Waals surface area contributed by atoms with E-state index >= 15 is 0 Å². The van der Waals surface area contributed by atoms with Crippen LogP contribution in [0.15, 0.2) is 28.3 Å². The first-order valence-corrected chi connectivity index (χ1v) is 5.96. The molecule has 2 rings (SSSR count). The maximum absolute atomic E-state index is 9.74. The van der Waals surface area contributed by atoms with Crippen molar-refractivity contribution in [1.82, 2.24) is 10.3 Å². The van der Waals surface area contributed by atoms with Gasteiger partial charge in [-0.3, -0.25) is 0 Å². The molecule has 0 amide bonds. The summed E-state index contributed by atoms with van der Waals surface area (Å²) in [7, 11) is 0. The van der Waals surface area contributed by atoms with Crippen LogP contribution in [0.3, 0.4) is 0 Å². The number of furan rings is 1. The number of nitrogens with zero attached hydrogens (tertiary/aromatic N) is 1. The van der Waals surface area contributed by atoms with Crippen molar-refractivity contribution in [2.45, 2.75) is 19.6 Å². The highest BCUT2D eigenvalue weighted by Gasteiger charge is 2.09. The van der Waals surface area contributed by atoms with Crippen LogP contribution >= 0.6 is 11.3 Å². The lowest BCUT2D eigenvalue weighted by Gasteiger charge is -2.08. The van der Waals surface area contributed by atoms with Crippen LogP contribution in [-0.4, -0.2) is 16.6 Å². The van der Waals surface area contributed by atoms with Crippen LogP contribution in [0.2, 0.25) is 0 Å². The van der Waals surface area contributed by atoms with Gasteiger partial charge in [0, 0.05) is 18.0 Å². The van der Waals surface area contributed by atoms with Crippen LogP contribution in [-0.2, 0) is 6.54 Å². The van der Waals surface area contributed by atoms with Crippen LogP contribution < -0.4 is 5.32 Å². The van der Waals surface area contributed by atoms with Gasteiger partial charge in [0.1, 0.15) is 11.9 Å². The number of aliphatic hydroxyl groups excluding tert-OH is 1. The van der Waals surface area contributed by atoms with Gasteiger partial charge >= 0.3 is 0 Å². The van der Waals surface area contributed by atoms with Gasteiger partial charge in [0.25, 0.3) is 0 Å². The first kappa shape index (κ1) is 11.3. The van der Waals surface area contributed by atoms with Gasteiger partial charge in [0.2, 0.25) is 0 Å². The Hall–Kier alpha value is -1.17. The number of thiazole rings is 1. The van der Waals surface area contributed by atoms with Gasteiger partial charge in [-0.05, 0) is 19.1 Å². The van der Waals surface area contributed by atoms with Gasteiger partial charge in [-0.15, -0.1) is 11.3 Å². The minimum Gasteiger partial charge on any atom is -0.467 e. The number of aryl methyl sites for hydroxylation is 1. The highest BCUT2D eigenvalue weighted by atomic mass is 32.1. The summed E-state index contributed by atoms with van der Waals surface area (Å²) < 4.78 is 5.11. The minimum absolute atomic E-state index is 0.477. The quantitative estimate of drug-likeness (QED) is 0.835. The molecule has 0 aromatic carbocycles. The molecule has 0 aliphatic heterocycles. The Kier molecular flexibility index (Phi) is 3.71. The molecule has 0 fully saturated rings. The van der Waals surface area contributed by atoms with E-state index in [0.29, 0.717) is 12.3 Å². The van der Waals surface area contributed by atoms with Crippen LogP contribution in [0, 0.1) is 6.92 Å². The molecular formula is C11H14N2O2S. The summed E-state index contributed by atoms with van der Waals surface area (Å²) >= 11 is 1.62. The molecule has 0 bridgehead atoms. The number of hydrogen-bond acceptors (Lipinski definition) is 5. The number of aromatic nitrogens is 1. The molecule has 0 saturated carbocycles. The van der Waals surface area contributed by atoms with Gasteiger partial charge < -0.3 is 14.8 Å². The maximum Gasteiger partial charge on any atom is 0.133 e. The normalized spacial score (nSPS) is 12.9. The fourth-order valence-electron chi connectivity index (χ4n) is 1.40. The molecule has 5 heteroatoms. The van der Waals surface area contributed by atoms with Crippen molar-refractivity contribution in [3.8, 4) is 0 Å². The SMILES string of the molecule is Cc1ncsc1CNCC(O)c1ccco1. The largest absolute Gasteiger partial charge is 0.467 e. The number of aliphatic hydroxyl groups is 1. The Morgan fingerprint density at radius 2 is 2.50 bits per heavy atom. The molecule has 0 spiro atoms. The van der Waals surface area contributed by atoms with Crippen LogP contribution in [0.1, 0.15) is 22.4 Å². The van der Waals surface area contributed by atoms with Crippen molar-refractivity contribution in [1.29, 1.82) is 0 Å². The van der Waals surface area contributed by atoms with Crippen molar-refractivity contribution >= 4 is 11.3 Å². The summed E-state index contributed by atoms with van der Waals surface area (Å²) in [5.74, 6) is 0.591. The zero-order chi connectivity index (χ0) is 11.4. The first-order valence-electron chi connectivity index (χ1n) is 5.08.